The van der Waals surface area contributed by atoms with Crippen LogP contribution >= 0.6 is 23.1 Å². The fourth-order valence-corrected chi connectivity index (χ4v) is 3.07. The van der Waals surface area contributed by atoms with E-state index in [1.54, 1.807) is 31.3 Å². The number of nitriles is 1. The van der Waals surface area contributed by atoms with E-state index in [0.29, 0.717) is 10.6 Å². The van der Waals surface area contributed by atoms with Gasteiger partial charge in [-0.05, 0) is 37.4 Å². The van der Waals surface area contributed by atoms with E-state index < -0.39 is 0 Å². The van der Waals surface area contributed by atoms with Crippen molar-refractivity contribution in [2.75, 3.05) is 5.75 Å². The number of carbonyl (C=O) groups is 1. The molecule has 108 valence electrons. The fourth-order valence-electron chi connectivity index (χ4n) is 1.62. The summed E-state index contributed by atoms with van der Waals surface area (Å²) >= 11 is 2.81. The molecule has 0 fully saturated rings. The van der Waals surface area contributed by atoms with Crippen molar-refractivity contribution in [3.05, 3.63) is 35.2 Å². The third kappa shape index (κ3) is 4.31. The van der Waals surface area contributed by atoms with E-state index in [1.165, 1.54) is 11.8 Å². The molecule has 0 saturated heterocycles. The average Bonchev–Trinajstić information content (AvgIpc) is 2.98. The number of carbonyl (C=O) groups excluding carboxylic acids is 1. The number of nitrogens with zero attached hydrogens (tertiary/aromatic N) is 2. The highest BCUT2D eigenvalue weighted by Crippen LogP contribution is 2.27. The zero-order chi connectivity index (χ0) is 15.2. The number of esters is 1. The standard InChI is InChI=1S/C15H14N2O2S2/c1-10(2)19-14(18)9-21-15-11(8-16)5-6-12(17-15)13-4-3-7-20-13/h3-7,10H,9H2,1-2H3. The van der Waals surface area contributed by atoms with Gasteiger partial charge in [-0.15, -0.1) is 11.3 Å². The zero-order valence-electron chi connectivity index (χ0n) is 11.7. The SMILES string of the molecule is CC(C)OC(=O)CSc1nc(-c2cccs2)ccc1C#N. The van der Waals surface area contributed by atoms with E-state index in [4.69, 9.17) is 10.00 Å². The summed E-state index contributed by atoms with van der Waals surface area (Å²) in [5, 5.41) is 11.7. The predicted octanol–water partition coefficient (Wildman–Crippen LogP) is 3.73. The van der Waals surface area contributed by atoms with E-state index in [0.717, 1.165) is 10.6 Å². The molecule has 0 aliphatic rings. The van der Waals surface area contributed by atoms with Crippen molar-refractivity contribution >= 4 is 29.1 Å². The van der Waals surface area contributed by atoms with E-state index in [1.807, 2.05) is 23.6 Å². The number of ether oxygens (including phenoxy) is 1. The smallest absolute Gasteiger partial charge is 0.316 e. The number of rotatable bonds is 5. The first-order valence-electron chi connectivity index (χ1n) is 6.37. The second-order valence-electron chi connectivity index (χ2n) is 4.47. The molecule has 2 aromatic rings. The highest BCUT2D eigenvalue weighted by molar-refractivity contribution is 7.99. The van der Waals surface area contributed by atoms with Gasteiger partial charge in [0.25, 0.3) is 0 Å². The van der Waals surface area contributed by atoms with Crippen LogP contribution in [0, 0.1) is 11.3 Å². The minimum atomic E-state index is -0.304. The quantitative estimate of drug-likeness (QED) is 0.621. The lowest BCUT2D eigenvalue weighted by Gasteiger charge is -2.08. The third-order valence-corrected chi connectivity index (χ3v) is 4.31. The molecule has 0 aromatic carbocycles. The summed E-state index contributed by atoms with van der Waals surface area (Å²) in [7, 11) is 0. The Morgan fingerprint density at radius 2 is 2.29 bits per heavy atom. The molecule has 0 amide bonds. The van der Waals surface area contributed by atoms with Gasteiger partial charge < -0.3 is 4.74 Å². The molecule has 0 unspecified atom stereocenters. The van der Waals surface area contributed by atoms with Crippen LogP contribution < -0.4 is 0 Å². The number of hydrogen-bond acceptors (Lipinski definition) is 6. The van der Waals surface area contributed by atoms with Gasteiger partial charge in [-0.1, -0.05) is 17.8 Å². The molecule has 2 heterocycles. The van der Waals surface area contributed by atoms with Gasteiger partial charge in [-0.2, -0.15) is 5.26 Å². The van der Waals surface area contributed by atoms with E-state index in [2.05, 4.69) is 11.1 Å². The summed E-state index contributed by atoms with van der Waals surface area (Å²) in [5.74, 6) is -0.157. The number of thioether (sulfide) groups is 1. The van der Waals surface area contributed by atoms with Gasteiger partial charge in [0.1, 0.15) is 11.1 Å². The van der Waals surface area contributed by atoms with Crippen LogP contribution in [0.1, 0.15) is 19.4 Å². The van der Waals surface area contributed by atoms with Crippen LogP contribution in [0.5, 0.6) is 0 Å². The van der Waals surface area contributed by atoms with Gasteiger partial charge in [0.05, 0.1) is 28.0 Å². The monoisotopic (exact) mass is 318 g/mol. The molecule has 2 aromatic heterocycles. The van der Waals surface area contributed by atoms with Gasteiger partial charge in [0, 0.05) is 0 Å². The number of aromatic nitrogens is 1. The summed E-state index contributed by atoms with van der Waals surface area (Å²) in [5.41, 5.74) is 1.28. The molecule has 6 heteroatoms. The Balaban J connectivity index is 2.15. The van der Waals surface area contributed by atoms with Crippen LogP contribution in [0.4, 0.5) is 0 Å². The molecule has 0 radical (unpaired) electrons. The van der Waals surface area contributed by atoms with Crippen LogP contribution in [0.25, 0.3) is 10.6 Å². The first-order chi connectivity index (χ1) is 10.1. The topological polar surface area (TPSA) is 63.0 Å². The molecule has 0 saturated carbocycles. The maximum atomic E-state index is 11.6. The molecule has 0 bridgehead atoms. The van der Waals surface area contributed by atoms with Gasteiger partial charge in [-0.25, -0.2) is 4.98 Å². The van der Waals surface area contributed by atoms with E-state index >= 15 is 0 Å². The zero-order valence-corrected chi connectivity index (χ0v) is 13.3. The Hall–Kier alpha value is -1.84. The van der Waals surface area contributed by atoms with E-state index in [9.17, 15) is 4.79 Å². The van der Waals surface area contributed by atoms with Crippen LogP contribution in [-0.2, 0) is 9.53 Å². The number of pyridine rings is 1. The lowest BCUT2D eigenvalue weighted by molar-refractivity contribution is -0.144. The maximum absolute atomic E-state index is 11.6. The molecule has 0 N–H and O–H groups in total. The first kappa shape index (κ1) is 15.5. The summed E-state index contributed by atoms with van der Waals surface area (Å²) in [6.45, 7) is 3.61. The molecule has 21 heavy (non-hydrogen) atoms. The third-order valence-electron chi connectivity index (χ3n) is 2.45. The van der Waals surface area contributed by atoms with Gasteiger partial charge in [0.2, 0.25) is 0 Å². The Labute approximate surface area is 131 Å². The second-order valence-corrected chi connectivity index (χ2v) is 6.38. The van der Waals surface area contributed by atoms with Gasteiger partial charge in [-0.3, -0.25) is 4.79 Å². The Kier molecular flexibility index (Phi) is 5.37. The summed E-state index contributed by atoms with van der Waals surface area (Å²) in [4.78, 5) is 17.1. The van der Waals surface area contributed by atoms with Gasteiger partial charge in [0.15, 0.2) is 0 Å². The lowest BCUT2D eigenvalue weighted by Crippen LogP contribution is -2.13. The Bertz CT molecular complexity index is 661. The maximum Gasteiger partial charge on any atom is 0.316 e. The molecular formula is C15H14N2O2S2. The summed E-state index contributed by atoms with van der Waals surface area (Å²) < 4.78 is 5.08. The van der Waals surface area contributed by atoms with Crippen molar-refractivity contribution < 1.29 is 9.53 Å². The van der Waals surface area contributed by atoms with Gasteiger partial charge >= 0.3 is 5.97 Å². The van der Waals surface area contributed by atoms with Crippen molar-refractivity contribution in [3.63, 3.8) is 0 Å². The molecule has 0 aliphatic carbocycles. The van der Waals surface area contributed by atoms with Crippen molar-refractivity contribution in [2.24, 2.45) is 0 Å². The fraction of sp³-hybridized carbons (Fsp3) is 0.267. The first-order valence-corrected chi connectivity index (χ1v) is 8.24. The van der Waals surface area contributed by atoms with Crippen LogP contribution in [0.2, 0.25) is 0 Å². The predicted molar refractivity (Wildman–Crippen MR) is 84.2 cm³/mol. The summed E-state index contributed by atoms with van der Waals surface area (Å²) in [6, 6.07) is 9.58. The normalized spacial score (nSPS) is 10.4. The Morgan fingerprint density at radius 1 is 1.48 bits per heavy atom. The van der Waals surface area contributed by atoms with E-state index in [-0.39, 0.29) is 17.8 Å². The van der Waals surface area contributed by atoms with Crippen molar-refractivity contribution in [1.82, 2.24) is 4.98 Å². The van der Waals surface area contributed by atoms with Crippen molar-refractivity contribution in [2.45, 2.75) is 25.0 Å². The minimum absolute atomic E-state index is 0.140. The molecule has 0 spiro atoms. The highest BCUT2D eigenvalue weighted by atomic mass is 32.2. The number of hydrogen-bond donors (Lipinski definition) is 0. The number of thiophene rings is 1. The van der Waals surface area contributed by atoms with Crippen molar-refractivity contribution in [1.29, 1.82) is 5.26 Å². The lowest BCUT2D eigenvalue weighted by atomic mass is 10.2. The molecule has 0 atom stereocenters. The molecular weight excluding hydrogens is 304 g/mol. The van der Waals surface area contributed by atoms with Crippen LogP contribution in [-0.4, -0.2) is 22.8 Å². The van der Waals surface area contributed by atoms with Crippen molar-refractivity contribution in [3.8, 4) is 16.6 Å². The average molecular weight is 318 g/mol. The summed E-state index contributed by atoms with van der Waals surface area (Å²) in [6.07, 6.45) is -0.140. The highest BCUT2D eigenvalue weighted by Gasteiger charge is 2.12. The molecule has 0 aliphatic heterocycles. The van der Waals surface area contributed by atoms with Crippen LogP contribution in [0.15, 0.2) is 34.7 Å². The largest absolute Gasteiger partial charge is 0.462 e. The molecule has 2 rings (SSSR count). The Morgan fingerprint density at radius 3 is 2.90 bits per heavy atom. The van der Waals surface area contributed by atoms with Crippen LogP contribution in [0.3, 0.4) is 0 Å². The minimum Gasteiger partial charge on any atom is -0.462 e. The second kappa shape index (κ2) is 7.25. The molecule has 4 nitrogen and oxygen atoms in total.